The Morgan fingerprint density at radius 1 is 1.23 bits per heavy atom. The number of nitrogens with one attached hydrogen (secondary N) is 1. The van der Waals surface area contributed by atoms with Crippen LogP contribution in [0, 0.1) is 0 Å². The van der Waals surface area contributed by atoms with E-state index in [0.717, 1.165) is 6.07 Å². The molecule has 6 nitrogen and oxygen atoms in total. The fourth-order valence-electron chi connectivity index (χ4n) is 3.19. The molecule has 0 aromatic heterocycles. The third kappa shape index (κ3) is 4.27. The molecule has 2 saturated heterocycles. The van der Waals surface area contributed by atoms with E-state index in [1.807, 2.05) is 0 Å². The number of carbonyl (C=O) groups is 2. The minimum Gasteiger partial charge on any atom is -0.378 e. The Balaban J connectivity index is 1.61. The number of morpholine rings is 1. The Labute approximate surface area is 148 Å². The summed E-state index contributed by atoms with van der Waals surface area (Å²) in [6, 6.07) is 4.54. The standard InChI is InChI=1S/C17H20F3N3O3/c18-17(19,20)14-4-2-1-3-12(14)10-23-11-13(9-15(23)24)21-16(25)22-5-7-26-8-6-22/h1-4,13H,5-11H2,(H,21,25). The van der Waals surface area contributed by atoms with Crippen LogP contribution in [0.4, 0.5) is 18.0 Å². The molecule has 1 atom stereocenters. The van der Waals surface area contributed by atoms with Gasteiger partial charge in [-0.3, -0.25) is 4.79 Å². The number of carbonyl (C=O) groups excluding carboxylic acids is 2. The molecule has 0 spiro atoms. The fraction of sp³-hybridized carbons (Fsp3) is 0.529. The molecule has 3 rings (SSSR count). The summed E-state index contributed by atoms with van der Waals surface area (Å²) in [5, 5.41) is 2.79. The first kappa shape index (κ1) is 18.5. The number of halogens is 3. The molecule has 0 aliphatic carbocycles. The van der Waals surface area contributed by atoms with Gasteiger partial charge in [0, 0.05) is 32.6 Å². The van der Waals surface area contributed by atoms with Gasteiger partial charge < -0.3 is 19.9 Å². The summed E-state index contributed by atoms with van der Waals surface area (Å²) in [6.45, 7) is 1.97. The lowest BCUT2D eigenvalue weighted by atomic mass is 10.1. The highest BCUT2D eigenvalue weighted by atomic mass is 19.4. The molecule has 0 radical (unpaired) electrons. The van der Waals surface area contributed by atoms with E-state index >= 15 is 0 Å². The van der Waals surface area contributed by atoms with Crippen LogP contribution in [0.2, 0.25) is 0 Å². The topological polar surface area (TPSA) is 61.9 Å². The van der Waals surface area contributed by atoms with Crippen LogP contribution in [0.25, 0.3) is 0 Å². The number of urea groups is 1. The van der Waals surface area contributed by atoms with Crippen LogP contribution < -0.4 is 5.32 Å². The Morgan fingerprint density at radius 2 is 1.92 bits per heavy atom. The van der Waals surface area contributed by atoms with Gasteiger partial charge in [0.1, 0.15) is 0 Å². The van der Waals surface area contributed by atoms with Gasteiger partial charge in [0.25, 0.3) is 0 Å². The summed E-state index contributed by atoms with van der Waals surface area (Å²) in [7, 11) is 0. The Kier molecular flexibility index (Phi) is 5.36. The molecule has 2 aliphatic heterocycles. The third-order valence-corrected chi connectivity index (χ3v) is 4.52. The normalized spacial score (nSPS) is 21.2. The SMILES string of the molecule is O=C1CC(NC(=O)N2CCOCC2)CN1Cc1ccccc1C(F)(F)F. The van der Waals surface area contributed by atoms with Crippen LogP contribution >= 0.6 is 0 Å². The van der Waals surface area contributed by atoms with Crippen LogP contribution in [-0.4, -0.2) is 60.6 Å². The predicted molar refractivity (Wildman–Crippen MR) is 86.2 cm³/mol. The largest absolute Gasteiger partial charge is 0.416 e. The number of rotatable bonds is 3. The van der Waals surface area contributed by atoms with E-state index < -0.39 is 17.8 Å². The summed E-state index contributed by atoms with van der Waals surface area (Å²) in [5.74, 6) is -0.269. The van der Waals surface area contributed by atoms with Crippen molar-refractivity contribution in [2.24, 2.45) is 0 Å². The van der Waals surface area contributed by atoms with Crippen LogP contribution in [0.1, 0.15) is 17.5 Å². The van der Waals surface area contributed by atoms with Gasteiger partial charge >= 0.3 is 12.2 Å². The van der Waals surface area contributed by atoms with Crippen LogP contribution in [-0.2, 0) is 22.3 Å². The van der Waals surface area contributed by atoms with Crippen molar-refractivity contribution in [3.8, 4) is 0 Å². The van der Waals surface area contributed by atoms with Gasteiger partial charge in [0.15, 0.2) is 0 Å². The number of likely N-dealkylation sites (tertiary alicyclic amines) is 1. The minimum absolute atomic E-state index is 0.0495. The quantitative estimate of drug-likeness (QED) is 0.882. The molecule has 142 valence electrons. The van der Waals surface area contributed by atoms with E-state index in [1.165, 1.54) is 23.1 Å². The zero-order chi connectivity index (χ0) is 18.7. The van der Waals surface area contributed by atoms with Crippen molar-refractivity contribution in [3.63, 3.8) is 0 Å². The van der Waals surface area contributed by atoms with Gasteiger partial charge in [-0.1, -0.05) is 18.2 Å². The average molecular weight is 371 g/mol. The van der Waals surface area contributed by atoms with Crippen LogP contribution in [0.5, 0.6) is 0 Å². The number of amides is 3. The molecule has 1 unspecified atom stereocenters. The number of benzene rings is 1. The average Bonchev–Trinajstić information content (AvgIpc) is 2.94. The second-order valence-corrected chi connectivity index (χ2v) is 6.38. The summed E-state index contributed by atoms with van der Waals surface area (Å²) in [5.41, 5.74) is -0.692. The maximum Gasteiger partial charge on any atom is 0.416 e. The zero-order valence-corrected chi connectivity index (χ0v) is 14.1. The maximum atomic E-state index is 13.1. The molecule has 26 heavy (non-hydrogen) atoms. The first-order valence-electron chi connectivity index (χ1n) is 8.40. The van der Waals surface area contributed by atoms with Gasteiger partial charge in [-0.25, -0.2) is 4.79 Å². The molecule has 1 aromatic carbocycles. The molecule has 0 bridgehead atoms. The zero-order valence-electron chi connectivity index (χ0n) is 14.1. The monoisotopic (exact) mass is 371 g/mol. The molecule has 3 amide bonds. The number of hydrogen-bond donors (Lipinski definition) is 1. The Hall–Kier alpha value is -2.29. The smallest absolute Gasteiger partial charge is 0.378 e. The second-order valence-electron chi connectivity index (χ2n) is 6.38. The molecule has 1 N–H and O–H groups in total. The van der Waals surface area contributed by atoms with E-state index in [0.29, 0.717) is 26.3 Å². The van der Waals surface area contributed by atoms with Crippen molar-refractivity contribution < 1.29 is 27.5 Å². The summed E-state index contributed by atoms with van der Waals surface area (Å²) in [6.07, 6.45) is -4.38. The lowest BCUT2D eigenvalue weighted by Crippen LogP contribution is -2.49. The molecular formula is C17H20F3N3O3. The van der Waals surface area contributed by atoms with Crippen molar-refractivity contribution in [3.05, 3.63) is 35.4 Å². The van der Waals surface area contributed by atoms with Crippen molar-refractivity contribution in [1.82, 2.24) is 15.1 Å². The fourth-order valence-corrected chi connectivity index (χ4v) is 3.19. The van der Waals surface area contributed by atoms with Crippen molar-refractivity contribution >= 4 is 11.9 Å². The number of ether oxygens (including phenoxy) is 1. The molecule has 2 heterocycles. The Morgan fingerprint density at radius 3 is 2.62 bits per heavy atom. The highest BCUT2D eigenvalue weighted by Gasteiger charge is 2.36. The molecule has 9 heteroatoms. The molecule has 1 aromatic rings. The number of alkyl halides is 3. The van der Waals surface area contributed by atoms with Crippen LogP contribution in [0.15, 0.2) is 24.3 Å². The van der Waals surface area contributed by atoms with Gasteiger partial charge in [-0.05, 0) is 11.6 Å². The van der Waals surface area contributed by atoms with Crippen molar-refractivity contribution in [1.29, 1.82) is 0 Å². The van der Waals surface area contributed by atoms with Gasteiger partial charge in [-0.15, -0.1) is 0 Å². The van der Waals surface area contributed by atoms with E-state index in [2.05, 4.69) is 5.32 Å². The van der Waals surface area contributed by atoms with Gasteiger partial charge in [-0.2, -0.15) is 13.2 Å². The lowest BCUT2D eigenvalue weighted by Gasteiger charge is -2.28. The molecular weight excluding hydrogens is 351 g/mol. The van der Waals surface area contributed by atoms with Gasteiger partial charge in [0.2, 0.25) is 5.91 Å². The molecule has 2 fully saturated rings. The van der Waals surface area contributed by atoms with E-state index in [4.69, 9.17) is 4.74 Å². The first-order chi connectivity index (χ1) is 12.3. The van der Waals surface area contributed by atoms with Crippen molar-refractivity contribution in [2.75, 3.05) is 32.8 Å². The molecule has 0 saturated carbocycles. The first-order valence-corrected chi connectivity index (χ1v) is 8.40. The van der Waals surface area contributed by atoms with E-state index in [1.54, 1.807) is 4.90 Å². The lowest BCUT2D eigenvalue weighted by molar-refractivity contribution is -0.139. The minimum atomic E-state index is -4.47. The summed E-state index contributed by atoms with van der Waals surface area (Å²) >= 11 is 0. The number of hydrogen-bond acceptors (Lipinski definition) is 3. The van der Waals surface area contributed by atoms with Crippen molar-refractivity contribution in [2.45, 2.75) is 25.2 Å². The van der Waals surface area contributed by atoms with Crippen LogP contribution in [0.3, 0.4) is 0 Å². The maximum absolute atomic E-state index is 13.1. The summed E-state index contributed by atoms with van der Waals surface area (Å²) < 4.78 is 44.5. The second kappa shape index (κ2) is 7.53. The summed E-state index contributed by atoms with van der Waals surface area (Å²) in [4.78, 5) is 27.3. The van der Waals surface area contributed by atoms with E-state index in [9.17, 15) is 22.8 Å². The highest BCUT2D eigenvalue weighted by Crippen LogP contribution is 2.32. The number of nitrogens with zero attached hydrogens (tertiary/aromatic N) is 2. The molecule has 2 aliphatic rings. The Bertz CT molecular complexity index is 675. The predicted octanol–water partition coefficient (Wildman–Crippen LogP) is 1.85. The highest BCUT2D eigenvalue weighted by molar-refractivity contribution is 5.81. The van der Waals surface area contributed by atoms with Gasteiger partial charge in [0.05, 0.1) is 24.8 Å². The van der Waals surface area contributed by atoms with E-state index in [-0.39, 0.29) is 37.0 Å². The third-order valence-electron chi connectivity index (χ3n) is 4.52.